The Morgan fingerprint density at radius 1 is 1.08 bits per heavy atom. The molecule has 0 atom stereocenters. The monoisotopic (exact) mass is 184 g/mol. The Bertz CT molecular complexity index is 170. The van der Waals surface area contributed by atoms with Crippen LogP contribution in [0.25, 0.3) is 0 Å². The van der Waals surface area contributed by atoms with Crippen LogP contribution in [0.4, 0.5) is 0 Å². The highest BCUT2D eigenvalue weighted by molar-refractivity contribution is 5.06. The van der Waals surface area contributed by atoms with Crippen LogP contribution < -0.4 is 0 Å². The summed E-state index contributed by atoms with van der Waals surface area (Å²) >= 11 is 0. The molecular weight excluding hydrogens is 160 g/mol. The molecule has 0 aliphatic carbocycles. The van der Waals surface area contributed by atoms with Crippen molar-refractivity contribution in [3.8, 4) is 0 Å². The average molecular weight is 184 g/mol. The number of rotatable bonds is 4. The van der Waals surface area contributed by atoms with E-state index in [4.69, 9.17) is 0 Å². The Morgan fingerprint density at radius 3 is 1.46 bits per heavy atom. The molecule has 0 fully saturated rings. The summed E-state index contributed by atoms with van der Waals surface area (Å²) in [6.45, 7) is 16.1. The molecule has 0 amide bonds. The summed E-state index contributed by atoms with van der Waals surface area (Å²) in [5.74, 6) is 0.473. The van der Waals surface area contributed by atoms with E-state index in [0.29, 0.717) is 0 Å². The minimum Gasteiger partial charge on any atom is -0.388 e. The van der Waals surface area contributed by atoms with Gasteiger partial charge in [-0.05, 0) is 11.8 Å². The van der Waals surface area contributed by atoms with Crippen molar-refractivity contribution in [3.05, 3.63) is 12.7 Å². The van der Waals surface area contributed by atoms with Gasteiger partial charge in [-0.1, -0.05) is 47.6 Å². The zero-order valence-electron chi connectivity index (χ0n) is 9.89. The second kappa shape index (κ2) is 3.83. The molecule has 0 aliphatic heterocycles. The largest absolute Gasteiger partial charge is 0.388 e. The molecule has 0 saturated heterocycles. The summed E-state index contributed by atoms with van der Waals surface area (Å²) in [7, 11) is 0. The van der Waals surface area contributed by atoms with Crippen LogP contribution in [0.1, 0.15) is 41.5 Å². The van der Waals surface area contributed by atoms with Gasteiger partial charge in [0.25, 0.3) is 0 Å². The van der Waals surface area contributed by atoms with Crippen LogP contribution in [0.3, 0.4) is 0 Å². The zero-order valence-corrected chi connectivity index (χ0v) is 9.89. The second-order valence-corrected chi connectivity index (χ2v) is 5.06. The van der Waals surface area contributed by atoms with Gasteiger partial charge in [0.15, 0.2) is 0 Å². The van der Waals surface area contributed by atoms with Crippen LogP contribution in [0.5, 0.6) is 0 Å². The molecule has 0 bridgehead atoms. The molecule has 13 heavy (non-hydrogen) atoms. The highest BCUT2D eigenvalue weighted by Crippen LogP contribution is 2.42. The van der Waals surface area contributed by atoms with Gasteiger partial charge in [-0.15, -0.1) is 6.58 Å². The van der Waals surface area contributed by atoms with E-state index in [0.717, 1.165) is 0 Å². The van der Waals surface area contributed by atoms with E-state index in [9.17, 15) is 5.11 Å². The highest BCUT2D eigenvalue weighted by Gasteiger charge is 2.46. The summed E-state index contributed by atoms with van der Waals surface area (Å²) < 4.78 is 0. The fourth-order valence-electron chi connectivity index (χ4n) is 2.32. The van der Waals surface area contributed by atoms with Crippen LogP contribution in [-0.4, -0.2) is 10.7 Å². The summed E-state index contributed by atoms with van der Waals surface area (Å²) in [6.07, 6.45) is 1.85. The second-order valence-electron chi connectivity index (χ2n) is 5.06. The summed E-state index contributed by atoms with van der Waals surface area (Å²) in [5, 5.41) is 10.6. The summed E-state index contributed by atoms with van der Waals surface area (Å²) in [4.78, 5) is 0. The Labute approximate surface area is 82.9 Å². The molecular formula is C12H24O. The van der Waals surface area contributed by atoms with Gasteiger partial charge in [0.1, 0.15) is 0 Å². The summed E-state index contributed by atoms with van der Waals surface area (Å²) in [5.41, 5.74) is -0.913. The van der Waals surface area contributed by atoms with Gasteiger partial charge < -0.3 is 5.11 Å². The third kappa shape index (κ3) is 1.96. The first-order valence-electron chi connectivity index (χ1n) is 5.06. The lowest BCUT2D eigenvalue weighted by atomic mass is 9.63. The molecule has 1 N–H and O–H groups in total. The van der Waals surface area contributed by atoms with Gasteiger partial charge >= 0.3 is 0 Å². The maximum absolute atomic E-state index is 10.6. The van der Waals surface area contributed by atoms with Crippen LogP contribution >= 0.6 is 0 Å². The Kier molecular flexibility index (Phi) is 3.74. The fourth-order valence-corrected chi connectivity index (χ4v) is 2.32. The third-order valence-electron chi connectivity index (χ3n) is 3.30. The number of hydrogen-bond donors (Lipinski definition) is 1. The van der Waals surface area contributed by atoms with Crippen molar-refractivity contribution in [2.45, 2.75) is 47.1 Å². The topological polar surface area (TPSA) is 20.2 Å². The average Bonchev–Trinajstić information content (AvgIpc) is 2.01. The maximum Gasteiger partial charge on any atom is 0.0777 e. The van der Waals surface area contributed by atoms with Crippen molar-refractivity contribution in [3.63, 3.8) is 0 Å². The van der Waals surface area contributed by atoms with Crippen molar-refractivity contribution in [1.82, 2.24) is 0 Å². The van der Waals surface area contributed by atoms with E-state index < -0.39 is 5.60 Å². The Morgan fingerprint density at radius 2 is 1.38 bits per heavy atom. The maximum atomic E-state index is 10.6. The van der Waals surface area contributed by atoms with E-state index in [1.807, 2.05) is 19.9 Å². The number of hydrogen-bond acceptors (Lipinski definition) is 1. The molecule has 0 spiro atoms. The van der Waals surface area contributed by atoms with Gasteiger partial charge in [0.2, 0.25) is 0 Å². The Balaban J connectivity index is 5.12. The van der Waals surface area contributed by atoms with Gasteiger partial charge in [-0.2, -0.15) is 0 Å². The van der Waals surface area contributed by atoms with E-state index in [-0.39, 0.29) is 17.3 Å². The van der Waals surface area contributed by atoms with E-state index in [1.54, 1.807) is 0 Å². The van der Waals surface area contributed by atoms with Crippen LogP contribution in [0.2, 0.25) is 0 Å². The van der Waals surface area contributed by atoms with Gasteiger partial charge in [-0.25, -0.2) is 0 Å². The first kappa shape index (κ1) is 12.7. The van der Waals surface area contributed by atoms with E-state index >= 15 is 0 Å². The SMILES string of the molecule is C=CC(C)(C)C(O)(C(C)C)C(C)C. The van der Waals surface area contributed by atoms with Gasteiger partial charge in [0, 0.05) is 5.41 Å². The molecule has 0 rings (SSSR count). The van der Waals surface area contributed by atoms with Crippen molar-refractivity contribution in [2.75, 3.05) is 0 Å². The quantitative estimate of drug-likeness (QED) is 0.665. The van der Waals surface area contributed by atoms with Crippen LogP contribution in [0.15, 0.2) is 12.7 Å². The minimum atomic E-state index is -0.672. The van der Waals surface area contributed by atoms with Gasteiger partial charge in [-0.3, -0.25) is 0 Å². The molecule has 0 aliphatic rings. The predicted octanol–water partition coefficient (Wildman–Crippen LogP) is 3.24. The van der Waals surface area contributed by atoms with Crippen molar-refractivity contribution in [2.24, 2.45) is 17.3 Å². The fraction of sp³-hybridized carbons (Fsp3) is 0.833. The van der Waals surface area contributed by atoms with Crippen LogP contribution in [-0.2, 0) is 0 Å². The number of aliphatic hydroxyl groups is 1. The standard InChI is InChI=1S/C12H24O/c1-8-11(6,7)12(13,9(2)3)10(4)5/h8-10,13H,1H2,2-7H3. The molecule has 0 aromatic heterocycles. The lowest BCUT2D eigenvalue weighted by molar-refractivity contribution is -0.116. The lowest BCUT2D eigenvalue weighted by Crippen LogP contribution is -2.52. The van der Waals surface area contributed by atoms with Crippen molar-refractivity contribution >= 4 is 0 Å². The first-order chi connectivity index (χ1) is 5.70. The molecule has 0 aromatic carbocycles. The Hall–Kier alpha value is -0.300. The smallest absolute Gasteiger partial charge is 0.0777 e. The normalized spacial score (nSPS) is 13.9. The molecule has 0 heterocycles. The predicted molar refractivity (Wildman–Crippen MR) is 58.6 cm³/mol. The molecule has 78 valence electrons. The highest BCUT2D eigenvalue weighted by atomic mass is 16.3. The van der Waals surface area contributed by atoms with Crippen molar-refractivity contribution < 1.29 is 5.11 Å². The summed E-state index contributed by atoms with van der Waals surface area (Å²) in [6, 6.07) is 0. The molecule has 0 unspecified atom stereocenters. The molecule has 0 saturated carbocycles. The third-order valence-corrected chi connectivity index (χ3v) is 3.30. The van der Waals surface area contributed by atoms with E-state index in [1.165, 1.54) is 0 Å². The minimum absolute atomic E-state index is 0.237. The lowest BCUT2D eigenvalue weighted by Gasteiger charge is -2.47. The van der Waals surface area contributed by atoms with Crippen molar-refractivity contribution in [1.29, 1.82) is 0 Å². The van der Waals surface area contributed by atoms with Gasteiger partial charge in [0.05, 0.1) is 5.60 Å². The molecule has 1 heteroatoms. The van der Waals surface area contributed by atoms with E-state index in [2.05, 4.69) is 34.3 Å². The zero-order chi connectivity index (χ0) is 10.9. The molecule has 0 aromatic rings. The van der Waals surface area contributed by atoms with Crippen LogP contribution in [0, 0.1) is 17.3 Å². The molecule has 1 nitrogen and oxygen atoms in total. The first-order valence-corrected chi connectivity index (χ1v) is 5.06. The molecule has 0 radical (unpaired) electrons.